The molecule has 1 atom stereocenters. The summed E-state index contributed by atoms with van der Waals surface area (Å²) >= 11 is 0. The van der Waals surface area contributed by atoms with Gasteiger partial charge in [0.05, 0.1) is 17.4 Å². The molecular weight excluding hydrogens is 258 g/mol. The molecule has 3 N–H and O–H groups in total. The van der Waals surface area contributed by atoms with E-state index in [0.29, 0.717) is 5.69 Å². The first kappa shape index (κ1) is 14.5. The summed E-state index contributed by atoms with van der Waals surface area (Å²) in [6, 6.07) is 0. The maximum absolute atomic E-state index is 12.4. The summed E-state index contributed by atoms with van der Waals surface area (Å²) < 4.78 is 1.50. The average molecular weight is 279 g/mol. The fourth-order valence-corrected chi connectivity index (χ4v) is 2.45. The molecule has 0 aliphatic carbocycles. The second-order valence-corrected chi connectivity index (χ2v) is 5.02. The van der Waals surface area contributed by atoms with E-state index in [9.17, 15) is 9.59 Å². The number of hydrogen-bond acceptors (Lipinski definition) is 4. The molecule has 0 spiro atoms. The van der Waals surface area contributed by atoms with Crippen LogP contribution in [0.3, 0.4) is 0 Å². The summed E-state index contributed by atoms with van der Waals surface area (Å²) in [6.07, 6.45) is 5.83. The molecule has 2 amide bonds. The van der Waals surface area contributed by atoms with E-state index in [2.05, 4.69) is 21.0 Å². The van der Waals surface area contributed by atoms with Crippen molar-refractivity contribution in [2.24, 2.45) is 0 Å². The number of carbonyl (C=O) groups excluding carboxylic acids is 2. The first-order valence-corrected chi connectivity index (χ1v) is 6.89. The lowest BCUT2D eigenvalue weighted by Gasteiger charge is -2.26. The van der Waals surface area contributed by atoms with E-state index < -0.39 is 5.54 Å². The van der Waals surface area contributed by atoms with Crippen LogP contribution in [-0.2, 0) is 16.1 Å². The average Bonchev–Trinajstić information content (AvgIpc) is 3.08. The standard InChI is InChI=1S/C13H21N5O2/c1-3-13(5-4-6-15-13)12(20)17-10-7-16-18(8-10)9-11(19)14-2/h7-8,15H,3-6,9H2,1-2H3,(H,14,19)(H,17,20). The molecule has 1 unspecified atom stereocenters. The number of likely N-dealkylation sites (N-methyl/N-ethyl adjacent to an activating group) is 1. The van der Waals surface area contributed by atoms with Crippen molar-refractivity contribution in [1.82, 2.24) is 20.4 Å². The zero-order valence-corrected chi connectivity index (χ0v) is 11.9. The first-order chi connectivity index (χ1) is 9.59. The summed E-state index contributed by atoms with van der Waals surface area (Å²) in [5, 5.41) is 12.7. The molecule has 1 aromatic heterocycles. The molecule has 7 heteroatoms. The minimum absolute atomic E-state index is 0.0306. The topological polar surface area (TPSA) is 88.0 Å². The Morgan fingerprint density at radius 2 is 2.35 bits per heavy atom. The van der Waals surface area contributed by atoms with E-state index in [1.165, 1.54) is 4.68 Å². The van der Waals surface area contributed by atoms with Gasteiger partial charge in [0, 0.05) is 13.2 Å². The Balaban J connectivity index is 1.99. The molecule has 1 aromatic rings. The maximum atomic E-state index is 12.4. The smallest absolute Gasteiger partial charge is 0.244 e. The van der Waals surface area contributed by atoms with Gasteiger partial charge in [-0.1, -0.05) is 6.92 Å². The molecule has 1 aliphatic rings. The zero-order chi connectivity index (χ0) is 14.6. The van der Waals surface area contributed by atoms with Gasteiger partial charge in [-0.3, -0.25) is 14.3 Å². The van der Waals surface area contributed by atoms with E-state index in [-0.39, 0.29) is 18.4 Å². The van der Waals surface area contributed by atoms with Crippen LogP contribution in [0, 0.1) is 0 Å². The van der Waals surface area contributed by atoms with Crippen molar-refractivity contribution in [3.63, 3.8) is 0 Å². The molecule has 0 bridgehead atoms. The van der Waals surface area contributed by atoms with Gasteiger partial charge in [0.1, 0.15) is 6.54 Å². The lowest BCUT2D eigenvalue weighted by atomic mass is 9.93. The van der Waals surface area contributed by atoms with Crippen LogP contribution in [0.15, 0.2) is 12.4 Å². The highest BCUT2D eigenvalue weighted by Gasteiger charge is 2.39. The van der Waals surface area contributed by atoms with Crippen LogP contribution in [0.5, 0.6) is 0 Å². The summed E-state index contributed by atoms with van der Waals surface area (Å²) in [6.45, 7) is 3.02. The van der Waals surface area contributed by atoms with Crippen molar-refractivity contribution in [3.05, 3.63) is 12.4 Å². The highest BCUT2D eigenvalue weighted by Crippen LogP contribution is 2.24. The lowest BCUT2D eigenvalue weighted by molar-refractivity contribution is -0.122. The van der Waals surface area contributed by atoms with Gasteiger partial charge in [-0.2, -0.15) is 5.10 Å². The summed E-state index contributed by atoms with van der Waals surface area (Å²) in [5.74, 6) is -0.162. The summed E-state index contributed by atoms with van der Waals surface area (Å²) in [5.41, 5.74) is 0.142. The number of rotatable bonds is 5. The number of aromatic nitrogens is 2. The van der Waals surface area contributed by atoms with Crippen LogP contribution in [0.25, 0.3) is 0 Å². The first-order valence-electron chi connectivity index (χ1n) is 6.89. The number of carbonyl (C=O) groups is 2. The van der Waals surface area contributed by atoms with Crippen molar-refractivity contribution in [2.75, 3.05) is 18.9 Å². The minimum Gasteiger partial charge on any atom is -0.358 e. The normalized spacial score (nSPS) is 21.7. The van der Waals surface area contributed by atoms with E-state index in [1.54, 1.807) is 19.4 Å². The van der Waals surface area contributed by atoms with Crippen molar-refractivity contribution in [2.45, 2.75) is 38.3 Å². The number of hydrogen-bond donors (Lipinski definition) is 3. The third-order valence-electron chi connectivity index (χ3n) is 3.76. The van der Waals surface area contributed by atoms with Crippen LogP contribution < -0.4 is 16.0 Å². The maximum Gasteiger partial charge on any atom is 0.244 e. The predicted molar refractivity (Wildman–Crippen MR) is 75.2 cm³/mol. The molecule has 20 heavy (non-hydrogen) atoms. The molecule has 0 aromatic carbocycles. The molecular formula is C13H21N5O2. The second kappa shape index (κ2) is 6.04. The molecule has 1 saturated heterocycles. The van der Waals surface area contributed by atoms with Crippen molar-refractivity contribution >= 4 is 17.5 Å². The highest BCUT2D eigenvalue weighted by molar-refractivity contribution is 5.98. The molecule has 0 saturated carbocycles. The SMILES string of the molecule is CCC1(C(=O)Nc2cnn(CC(=O)NC)c2)CCCN1. The summed E-state index contributed by atoms with van der Waals surface area (Å²) in [7, 11) is 1.57. The Morgan fingerprint density at radius 3 is 2.95 bits per heavy atom. The van der Waals surface area contributed by atoms with Crippen molar-refractivity contribution < 1.29 is 9.59 Å². The van der Waals surface area contributed by atoms with Gasteiger partial charge in [-0.15, -0.1) is 0 Å². The zero-order valence-electron chi connectivity index (χ0n) is 11.9. The van der Waals surface area contributed by atoms with Crippen LogP contribution >= 0.6 is 0 Å². The Hall–Kier alpha value is -1.89. The Morgan fingerprint density at radius 1 is 1.55 bits per heavy atom. The second-order valence-electron chi connectivity index (χ2n) is 5.02. The third-order valence-corrected chi connectivity index (χ3v) is 3.76. The number of anilines is 1. The Kier molecular flexibility index (Phi) is 4.39. The molecule has 2 heterocycles. The van der Waals surface area contributed by atoms with Gasteiger partial charge in [0.25, 0.3) is 0 Å². The quantitative estimate of drug-likeness (QED) is 0.713. The van der Waals surface area contributed by atoms with E-state index >= 15 is 0 Å². The van der Waals surface area contributed by atoms with Crippen LogP contribution in [0.4, 0.5) is 5.69 Å². The van der Waals surface area contributed by atoms with Gasteiger partial charge in [0.15, 0.2) is 0 Å². The number of nitrogens with one attached hydrogen (secondary N) is 3. The van der Waals surface area contributed by atoms with E-state index in [0.717, 1.165) is 25.8 Å². The van der Waals surface area contributed by atoms with Gasteiger partial charge in [-0.25, -0.2) is 0 Å². The fraction of sp³-hybridized carbons (Fsp3) is 0.615. The van der Waals surface area contributed by atoms with Crippen molar-refractivity contribution in [1.29, 1.82) is 0 Å². The molecule has 2 rings (SSSR count). The monoisotopic (exact) mass is 279 g/mol. The predicted octanol–water partition coefficient (Wildman–Crippen LogP) is 0.0998. The number of amides is 2. The van der Waals surface area contributed by atoms with E-state index in [1.807, 2.05) is 6.92 Å². The van der Waals surface area contributed by atoms with Gasteiger partial charge in [-0.05, 0) is 25.8 Å². The fourth-order valence-electron chi connectivity index (χ4n) is 2.45. The Bertz CT molecular complexity index is 491. The lowest BCUT2D eigenvalue weighted by Crippen LogP contribution is -2.50. The van der Waals surface area contributed by atoms with Crippen LogP contribution in [-0.4, -0.2) is 40.7 Å². The van der Waals surface area contributed by atoms with Gasteiger partial charge >= 0.3 is 0 Å². The molecule has 7 nitrogen and oxygen atoms in total. The Labute approximate surface area is 118 Å². The number of nitrogens with zero attached hydrogens (tertiary/aromatic N) is 2. The molecule has 1 aliphatic heterocycles. The van der Waals surface area contributed by atoms with Gasteiger partial charge in [0.2, 0.25) is 11.8 Å². The third kappa shape index (κ3) is 2.98. The summed E-state index contributed by atoms with van der Waals surface area (Å²) in [4.78, 5) is 23.6. The molecule has 1 fully saturated rings. The van der Waals surface area contributed by atoms with Crippen LogP contribution in [0.2, 0.25) is 0 Å². The largest absolute Gasteiger partial charge is 0.358 e. The van der Waals surface area contributed by atoms with E-state index in [4.69, 9.17) is 0 Å². The highest BCUT2D eigenvalue weighted by atomic mass is 16.2. The van der Waals surface area contributed by atoms with Gasteiger partial charge < -0.3 is 16.0 Å². The van der Waals surface area contributed by atoms with Crippen molar-refractivity contribution in [3.8, 4) is 0 Å². The minimum atomic E-state index is -0.469. The van der Waals surface area contributed by atoms with Crippen LogP contribution in [0.1, 0.15) is 26.2 Å². The molecule has 110 valence electrons. The molecule has 0 radical (unpaired) electrons.